The molecule has 20 heavy (non-hydrogen) atoms. The molecule has 0 amide bonds. The first-order chi connectivity index (χ1) is 9.63. The Hall–Kier alpha value is -0.170. The molecule has 2 rings (SSSR count). The number of piperidine rings is 1. The molecule has 0 spiro atoms. The lowest BCUT2D eigenvalue weighted by Crippen LogP contribution is -2.52. The average molecular weight is 303 g/mol. The van der Waals surface area contributed by atoms with Gasteiger partial charge < -0.3 is 5.32 Å². The Bertz CT molecular complexity index is 378. The van der Waals surface area contributed by atoms with Crippen molar-refractivity contribution in [3.63, 3.8) is 0 Å². The van der Waals surface area contributed by atoms with Crippen molar-refractivity contribution in [2.75, 3.05) is 26.7 Å². The van der Waals surface area contributed by atoms with Gasteiger partial charge in [-0.1, -0.05) is 32.1 Å². The molecule has 0 aromatic rings. The van der Waals surface area contributed by atoms with Gasteiger partial charge in [0.2, 0.25) is 0 Å². The number of likely N-dealkylation sites (N-methyl/N-ethyl adjacent to an activating group) is 1. The summed E-state index contributed by atoms with van der Waals surface area (Å²) in [4.78, 5) is 0. The van der Waals surface area contributed by atoms with Crippen LogP contribution in [0, 0.1) is 5.92 Å². The van der Waals surface area contributed by atoms with Crippen LogP contribution in [0.15, 0.2) is 0 Å². The van der Waals surface area contributed by atoms with Crippen LogP contribution in [0.2, 0.25) is 0 Å². The van der Waals surface area contributed by atoms with E-state index in [2.05, 4.69) is 10.0 Å². The van der Waals surface area contributed by atoms with Gasteiger partial charge in [-0.3, -0.25) is 0 Å². The average Bonchev–Trinajstić information content (AvgIpc) is 2.92. The maximum atomic E-state index is 12.4. The lowest BCUT2D eigenvalue weighted by molar-refractivity contribution is 0.246. The Labute approximate surface area is 123 Å². The molecule has 2 aliphatic rings. The second kappa shape index (κ2) is 7.73. The fourth-order valence-electron chi connectivity index (χ4n) is 3.50. The van der Waals surface area contributed by atoms with E-state index in [-0.39, 0.29) is 6.04 Å². The Morgan fingerprint density at radius 2 is 1.80 bits per heavy atom. The number of nitrogens with one attached hydrogen (secondary N) is 2. The Morgan fingerprint density at radius 1 is 1.10 bits per heavy atom. The molecular weight excluding hydrogens is 274 g/mol. The number of rotatable bonds is 7. The van der Waals surface area contributed by atoms with E-state index in [1.807, 2.05) is 7.05 Å². The standard InChI is InChI=1S/C14H29N3O2S/c1-15-12-14-8-4-5-11-17(14)20(18,19)16-10-9-13-6-2-3-7-13/h13-16H,2-12H2,1H3. The van der Waals surface area contributed by atoms with Gasteiger partial charge >= 0.3 is 0 Å². The summed E-state index contributed by atoms with van der Waals surface area (Å²) in [5, 5.41) is 3.11. The maximum Gasteiger partial charge on any atom is 0.279 e. The first kappa shape index (κ1) is 16.2. The summed E-state index contributed by atoms with van der Waals surface area (Å²) in [5.74, 6) is 0.729. The summed E-state index contributed by atoms with van der Waals surface area (Å²) < 4.78 is 29.3. The zero-order chi connectivity index (χ0) is 14.4. The van der Waals surface area contributed by atoms with Crippen molar-refractivity contribution in [1.82, 2.24) is 14.3 Å². The first-order valence-electron chi connectivity index (χ1n) is 8.04. The molecule has 1 heterocycles. The van der Waals surface area contributed by atoms with Crippen molar-refractivity contribution in [3.05, 3.63) is 0 Å². The molecule has 2 fully saturated rings. The molecular formula is C14H29N3O2S. The summed E-state index contributed by atoms with van der Waals surface area (Å²) >= 11 is 0. The molecule has 5 nitrogen and oxygen atoms in total. The molecule has 1 aliphatic heterocycles. The summed E-state index contributed by atoms with van der Waals surface area (Å²) in [7, 11) is -1.42. The lowest BCUT2D eigenvalue weighted by Gasteiger charge is -2.34. The molecule has 118 valence electrons. The van der Waals surface area contributed by atoms with Gasteiger partial charge in [0.25, 0.3) is 10.2 Å². The highest BCUT2D eigenvalue weighted by Crippen LogP contribution is 2.27. The third-order valence-corrected chi connectivity index (χ3v) is 6.30. The zero-order valence-corrected chi connectivity index (χ0v) is 13.4. The van der Waals surface area contributed by atoms with Gasteiger partial charge in [-0.2, -0.15) is 12.7 Å². The predicted octanol–water partition coefficient (Wildman–Crippen LogP) is 1.47. The van der Waals surface area contributed by atoms with E-state index in [0.717, 1.165) is 38.1 Å². The monoisotopic (exact) mass is 303 g/mol. The van der Waals surface area contributed by atoms with Crippen LogP contribution >= 0.6 is 0 Å². The highest BCUT2D eigenvalue weighted by molar-refractivity contribution is 7.87. The van der Waals surface area contributed by atoms with Crippen LogP contribution < -0.4 is 10.0 Å². The Kier molecular flexibility index (Phi) is 6.26. The van der Waals surface area contributed by atoms with Crippen molar-refractivity contribution >= 4 is 10.2 Å². The molecule has 1 unspecified atom stereocenters. The van der Waals surface area contributed by atoms with E-state index in [0.29, 0.717) is 13.1 Å². The highest BCUT2D eigenvalue weighted by atomic mass is 32.2. The van der Waals surface area contributed by atoms with Crippen molar-refractivity contribution in [2.24, 2.45) is 5.92 Å². The summed E-state index contributed by atoms with van der Waals surface area (Å²) in [5.41, 5.74) is 0. The minimum absolute atomic E-state index is 0.109. The van der Waals surface area contributed by atoms with E-state index >= 15 is 0 Å². The van der Waals surface area contributed by atoms with Crippen LogP contribution in [0.4, 0.5) is 0 Å². The number of hydrogen-bond donors (Lipinski definition) is 2. The normalized spacial score (nSPS) is 26.1. The predicted molar refractivity (Wildman–Crippen MR) is 81.8 cm³/mol. The van der Waals surface area contributed by atoms with Crippen molar-refractivity contribution in [3.8, 4) is 0 Å². The van der Waals surface area contributed by atoms with E-state index in [4.69, 9.17) is 0 Å². The van der Waals surface area contributed by atoms with Gasteiger partial charge in [-0.25, -0.2) is 4.72 Å². The zero-order valence-electron chi connectivity index (χ0n) is 12.6. The fourth-order valence-corrected chi connectivity index (χ4v) is 4.99. The van der Waals surface area contributed by atoms with Crippen molar-refractivity contribution < 1.29 is 8.42 Å². The quantitative estimate of drug-likeness (QED) is 0.749. The van der Waals surface area contributed by atoms with Gasteiger partial charge in [0.1, 0.15) is 0 Å². The van der Waals surface area contributed by atoms with Gasteiger partial charge in [-0.15, -0.1) is 0 Å². The lowest BCUT2D eigenvalue weighted by atomic mass is 10.1. The first-order valence-corrected chi connectivity index (χ1v) is 9.48. The van der Waals surface area contributed by atoms with Crippen LogP contribution in [0.5, 0.6) is 0 Å². The third kappa shape index (κ3) is 4.41. The van der Waals surface area contributed by atoms with Crippen molar-refractivity contribution in [1.29, 1.82) is 0 Å². The van der Waals surface area contributed by atoms with Gasteiger partial charge in [0, 0.05) is 25.7 Å². The molecule has 0 bridgehead atoms. The summed E-state index contributed by atoms with van der Waals surface area (Å²) in [6.45, 7) is 1.99. The number of nitrogens with zero attached hydrogens (tertiary/aromatic N) is 1. The molecule has 1 saturated heterocycles. The van der Waals surface area contributed by atoms with E-state index < -0.39 is 10.2 Å². The molecule has 0 aromatic carbocycles. The SMILES string of the molecule is CNCC1CCCCN1S(=O)(=O)NCCC1CCCC1. The smallest absolute Gasteiger partial charge is 0.279 e. The topological polar surface area (TPSA) is 61.4 Å². The Morgan fingerprint density at radius 3 is 2.50 bits per heavy atom. The van der Waals surface area contributed by atoms with E-state index in [1.165, 1.54) is 25.7 Å². The minimum Gasteiger partial charge on any atom is -0.318 e. The largest absolute Gasteiger partial charge is 0.318 e. The molecule has 1 saturated carbocycles. The van der Waals surface area contributed by atoms with Crippen LogP contribution in [-0.2, 0) is 10.2 Å². The van der Waals surface area contributed by atoms with Gasteiger partial charge in [-0.05, 0) is 32.2 Å². The molecule has 1 atom stereocenters. The minimum atomic E-state index is -3.30. The van der Waals surface area contributed by atoms with Gasteiger partial charge in [0.05, 0.1) is 0 Å². The maximum absolute atomic E-state index is 12.4. The van der Waals surface area contributed by atoms with Crippen LogP contribution in [0.3, 0.4) is 0 Å². The molecule has 0 radical (unpaired) electrons. The van der Waals surface area contributed by atoms with E-state index in [9.17, 15) is 8.42 Å². The second-order valence-corrected chi connectivity index (χ2v) is 7.86. The molecule has 1 aliphatic carbocycles. The van der Waals surface area contributed by atoms with Crippen LogP contribution in [-0.4, -0.2) is 45.4 Å². The number of hydrogen-bond acceptors (Lipinski definition) is 3. The third-order valence-electron chi connectivity index (χ3n) is 4.63. The summed E-state index contributed by atoms with van der Waals surface area (Å²) in [6.07, 6.45) is 9.22. The second-order valence-electron chi connectivity index (χ2n) is 6.16. The Balaban J connectivity index is 1.83. The van der Waals surface area contributed by atoms with Crippen LogP contribution in [0.25, 0.3) is 0 Å². The molecule has 0 aromatic heterocycles. The summed E-state index contributed by atoms with van der Waals surface area (Å²) in [6, 6.07) is 0.109. The molecule has 6 heteroatoms. The van der Waals surface area contributed by atoms with Crippen molar-refractivity contribution in [2.45, 2.75) is 57.4 Å². The highest BCUT2D eigenvalue weighted by Gasteiger charge is 2.31. The molecule has 2 N–H and O–H groups in total. The fraction of sp³-hybridized carbons (Fsp3) is 1.00. The van der Waals surface area contributed by atoms with Crippen LogP contribution in [0.1, 0.15) is 51.4 Å². The van der Waals surface area contributed by atoms with E-state index in [1.54, 1.807) is 4.31 Å². The van der Waals surface area contributed by atoms with Gasteiger partial charge in [0.15, 0.2) is 0 Å².